The lowest BCUT2D eigenvalue weighted by atomic mass is 9.62. The Labute approximate surface area is 308 Å². The molecule has 3 aliphatic heterocycles. The van der Waals surface area contributed by atoms with Crippen molar-refractivity contribution < 1.29 is 14.2 Å². The van der Waals surface area contributed by atoms with Gasteiger partial charge in [0.05, 0.1) is 16.8 Å². The SMILES string of the molecule is C1=CC2=C(CC1)N(c1ccccc1)c1c(cccc1-c1ccc3c(c1)Oc1ccccc1C31c3ccccc3Oc3cc(-c4ccccc4)ccc31)O2. The molecule has 0 N–H and O–H groups in total. The van der Waals surface area contributed by atoms with Gasteiger partial charge in [-0.1, -0.05) is 127 Å². The first kappa shape index (κ1) is 29.9. The zero-order valence-electron chi connectivity index (χ0n) is 28.8. The van der Waals surface area contributed by atoms with Gasteiger partial charge in [0, 0.05) is 33.5 Å². The van der Waals surface area contributed by atoms with Crippen molar-refractivity contribution in [2.24, 2.45) is 0 Å². The highest BCUT2D eigenvalue weighted by Gasteiger charge is 2.50. The van der Waals surface area contributed by atoms with Crippen molar-refractivity contribution in [3.63, 3.8) is 0 Å². The maximum absolute atomic E-state index is 6.93. The first-order valence-electron chi connectivity index (χ1n) is 18.2. The number of hydrogen-bond acceptors (Lipinski definition) is 4. The average Bonchev–Trinajstić information content (AvgIpc) is 3.22. The molecule has 252 valence electrons. The van der Waals surface area contributed by atoms with E-state index in [1.54, 1.807) is 0 Å². The van der Waals surface area contributed by atoms with E-state index in [9.17, 15) is 0 Å². The van der Waals surface area contributed by atoms with E-state index in [0.717, 1.165) is 103 Å². The fraction of sp³-hybridized carbons (Fsp3) is 0.0612. The summed E-state index contributed by atoms with van der Waals surface area (Å²) in [7, 11) is 0. The Morgan fingerprint density at radius 1 is 0.453 bits per heavy atom. The Hall–Kier alpha value is -6.78. The van der Waals surface area contributed by atoms with Crippen molar-refractivity contribution in [1.29, 1.82) is 0 Å². The zero-order chi connectivity index (χ0) is 34.9. The van der Waals surface area contributed by atoms with Gasteiger partial charge in [-0.05, 0) is 78.1 Å². The van der Waals surface area contributed by atoms with E-state index in [1.807, 2.05) is 6.07 Å². The number of ether oxygens (including phenoxy) is 3. The van der Waals surface area contributed by atoms with Crippen molar-refractivity contribution >= 4 is 11.4 Å². The monoisotopic (exact) mass is 683 g/mol. The van der Waals surface area contributed by atoms with E-state index >= 15 is 0 Å². The standard InChI is InChI=1S/C49H33NO3/c1-3-14-32(15-4-1)33-26-28-39-46(30-33)51-42-22-10-7-19-37(42)49(39)38-20-8-11-23-43(38)52-47-31-34(27-29-40(47)49)36-18-13-25-45-48(36)50(35-16-5-2-6-17-35)41-21-9-12-24-44(41)53-45/h1-8,10-20,22-31H,9,21H2. The quantitative estimate of drug-likeness (QED) is 0.185. The molecule has 0 bridgehead atoms. The van der Waals surface area contributed by atoms with Crippen molar-refractivity contribution in [3.8, 4) is 51.0 Å². The first-order chi connectivity index (χ1) is 26.3. The van der Waals surface area contributed by atoms with Gasteiger partial charge in [0.25, 0.3) is 0 Å². The number of anilines is 2. The molecule has 0 saturated heterocycles. The summed E-state index contributed by atoms with van der Waals surface area (Å²) in [5.41, 5.74) is 11.4. The third-order valence-corrected chi connectivity index (χ3v) is 11.0. The lowest BCUT2D eigenvalue weighted by molar-refractivity contribution is 0.399. The van der Waals surface area contributed by atoms with E-state index in [2.05, 4.69) is 175 Å². The van der Waals surface area contributed by atoms with Crippen molar-refractivity contribution in [1.82, 2.24) is 0 Å². The predicted octanol–water partition coefficient (Wildman–Crippen LogP) is 12.7. The summed E-state index contributed by atoms with van der Waals surface area (Å²) in [4.78, 5) is 2.39. The summed E-state index contributed by atoms with van der Waals surface area (Å²) in [5, 5.41) is 0. The van der Waals surface area contributed by atoms with Crippen LogP contribution in [0, 0.1) is 0 Å². The molecule has 0 saturated carbocycles. The molecule has 4 aliphatic rings. The normalized spacial score (nSPS) is 17.2. The second-order valence-electron chi connectivity index (χ2n) is 13.9. The molecule has 11 rings (SSSR count). The van der Waals surface area contributed by atoms with Crippen molar-refractivity contribution in [3.05, 3.63) is 210 Å². The van der Waals surface area contributed by atoms with E-state index < -0.39 is 5.41 Å². The van der Waals surface area contributed by atoms with Crippen LogP contribution in [0.2, 0.25) is 0 Å². The van der Waals surface area contributed by atoms with Crippen molar-refractivity contribution in [2.45, 2.75) is 18.3 Å². The van der Waals surface area contributed by atoms with E-state index in [-0.39, 0.29) is 0 Å². The lowest BCUT2D eigenvalue weighted by Crippen LogP contribution is -2.36. The summed E-state index contributed by atoms with van der Waals surface area (Å²) in [5.74, 6) is 5.07. The summed E-state index contributed by atoms with van der Waals surface area (Å²) in [6.45, 7) is 0. The van der Waals surface area contributed by atoms with Crippen LogP contribution in [0.25, 0.3) is 22.3 Å². The minimum atomic E-state index is -0.675. The summed E-state index contributed by atoms with van der Waals surface area (Å²) in [6, 6.07) is 57.7. The van der Waals surface area contributed by atoms with Gasteiger partial charge in [0.2, 0.25) is 0 Å². The van der Waals surface area contributed by atoms with Gasteiger partial charge < -0.3 is 19.1 Å². The van der Waals surface area contributed by atoms with E-state index in [0.29, 0.717) is 0 Å². The van der Waals surface area contributed by atoms with Crippen LogP contribution in [-0.4, -0.2) is 0 Å². The molecule has 7 aromatic rings. The fourth-order valence-electron chi connectivity index (χ4n) is 8.78. The Morgan fingerprint density at radius 3 is 1.75 bits per heavy atom. The number of fused-ring (bicyclic) bond motifs is 9. The van der Waals surface area contributed by atoms with E-state index in [4.69, 9.17) is 14.2 Å². The highest BCUT2D eigenvalue weighted by atomic mass is 16.5. The molecule has 53 heavy (non-hydrogen) atoms. The van der Waals surface area contributed by atoms with Crippen LogP contribution in [0.4, 0.5) is 11.4 Å². The molecule has 1 aliphatic carbocycles. The maximum atomic E-state index is 6.93. The molecule has 1 unspecified atom stereocenters. The number of allylic oxidation sites excluding steroid dienone is 3. The average molecular weight is 684 g/mol. The Kier molecular flexibility index (Phi) is 6.56. The third kappa shape index (κ3) is 4.42. The second kappa shape index (κ2) is 11.6. The molecule has 0 amide bonds. The molecule has 1 atom stereocenters. The fourth-order valence-corrected chi connectivity index (χ4v) is 8.78. The van der Waals surface area contributed by atoms with Crippen LogP contribution in [0.5, 0.6) is 28.7 Å². The Bertz CT molecular complexity index is 2650. The van der Waals surface area contributed by atoms with Gasteiger partial charge in [-0.15, -0.1) is 0 Å². The summed E-state index contributed by atoms with van der Waals surface area (Å²) >= 11 is 0. The molecule has 3 heterocycles. The number of nitrogens with zero attached hydrogens (tertiary/aromatic N) is 1. The first-order valence-corrected chi connectivity index (χ1v) is 18.2. The van der Waals surface area contributed by atoms with Crippen LogP contribution in [0.3, 0.4) is 0 Å². The second-order valence-corrected chi connectivity index (χ2v) is 13.9. The van der Waals surface area contributed by atoms with Crippen LogP contribution < -0.4 is 19.1 Å². The highest BCUT2D eigenvalue weighted by Crippen LogP contribution is 2.62. The van der Waals surface area contributed by atoms with Gasteiger partial charge in [-0.25, -0.2) is 0 Å². The largest absolute Gasteiger partial charge is 0.457 e. The molecule has 4 nitrogen and oxygen atoms in total. The molecule has 0 aromatic heterocycles. The van der Waals surface area contributed by atoms with Crippen LogP contribution in [0.15, 0.2) is 187 Å². The van der Waals surface area contributed by atoms with Gasteiger partial charge in [-0.3, -0.25) is 0 Å². The topological polar surface area (TPSA) is 30.9 Å². The van der Waals surface area contributed by atoms with Gasteiger partial charge in [0.15, 0.2) is 5.75 Å². The van der Waals surface area contributed by atoms with Gasteiger partial charge in [-0.2, -0.15) is 0 Å². The maximum Gasteiger partial charge on any atom is 0.152 e. The smallest absolute Gasteiger partial charge is 0.152 e. The number of rotatable bonds is 3. The van der Waals surface area contributed by atoms with Crippen LogP contribution >= 0.6 is 0 Å². The van der Waals surface area contributed by atoms with E-state index in [1.165, 1.54) is 5.70 Å². The molecule has 0 fully saturated rings. The molecule has 0 radical (unpaired) electrons. The zero-order valence-corrected chi connectivity index (χ0v) is 28.8. The number of para-hydroxylation sites is 4. The minimum absolute atomic E-state index is 0.675. The number of benzene rings is 7. The summed E-state index contributed by atoms with van der Waals surface area (Å²) < 4.78 is 20.3. The molecule has 1 spiro atoms. The van der Waals surface area contributed by atoms with Crippen LogP contribution in [-0.2, 0) is 5.41 Å². The highest BCUT2D eigenvalue weighted by molar-refractivity contribution is 5.91. The van der Waals surface area contributed by atoms with Crippen molar-refractivity contribution in [2.75, 3.05) is 4.90 Å². The number of hydrogen-bond donors (Lipinski definition) is 0. The molecular weight excluding hydrogens is 651 g/mol. The summed E-state index contributed by atoms with van der Waals surface area (Å²) in [6.07, 6.45) is 6.17. The molecule has 7 aromatic carbocycles. The lowest BCUT2D eigenvalue weighted by Gasteiger charge is -2.45. The van der Waals surface area contributed by atoms with Gasteiger partial charge in [0.1, 0.15) is 28.8 Å². The Morgan fingerprint density at radius 2 is 1.04 bits per heavy atom. The minimum Gasteiger partial charge on any atom is -0.457 e. The van der Waals surface area contributed by atoms with Gasteiger partial charge >= 0.3 is 0 Å². The molecular formula is C49H33NO3. The molecule has 4 heteroatoms. The third-order valence-electron chi connectivity index (χ3n) is 11.0. The van der Waals surface area contributed by atoms with Crippen LogP contribution in [0.1, 0.15) is 35.1 Å². The predicted molar refractivity (Wildman–Crippen MR) is 210 cm³/mol. The Balaban J connectivity index is 1.14.